The van der Waals surface area contributed by atoms with Crippen LogP contribution in [-0.2, 0) is 26.4 Å². The summed E-state index contributed by atoms with van der Waals surface area (Å²) in [5, 5.41) is 0. The molecule has 0 fully saturated rings. The summed E-state index contributed by atoms with van der Waals surface area (Å²) < 4.78 is 4.10. The van der Waals surface area contributed by atoms with Gasteiger partial charge >= 0.3 is 5.97 Å². The van der Waals surface area contributed by atoms with Crippen LogP contribution in [0.5, 0.6) is 0 Å². The van der Waals surface area contributed by atoms with E-state index in [4.69, 9.17) is 11.9 Å². The number of carbonyl (C=O) groups excluding carboxylic acids is 1. The Morgan fingerprint density at radius 1 is 0.682 bits per heavy atom. The quantitative estimate of drug-likeness (QED) is 0.275. The van der Waals surface area contributed by atoms with E-state index in [0.717, 1.165) is 12.8 Å². The van der Waals surface area contributed by atoms with Crippen LogP contribution in [0.3, 0.4) is 0 Å². The van der Waals surface area contributed by atoms with Crippen LogP contribution in [0.2, 0.25) is 0 Å². The fourth-order valence-corrected chi connectivity index (χ4v) is 2.76. The average molecular weight is 371 g/mol. The van der Waals surface area contributed by atoms with Crippen LogP contribution in [0.25, 0.3) is 0 Å². The molecule has 0 saturated carbocycles. The molecule has 0 rings (SSSR count). The minimum Gasteiger partial charge on any atom is -0.348 e. The van der Waals surface area contributed by atoms with Gasteiger partial charge in [0.1, 0.15) is 11.9 Å². The van der Waals surface area contributed by atoms with E-state index in [1.165, 1.54) is 83.5 Å². The zero-order chi connectivity index (χ0) is 15.6. The van der Waals surface area contributed by atoms with Gasteiger partial charge in [-0.2, -0.15) is 0 Å². The van der Waals surface area contributed by atoms with Gasteiger partial charge in [-0.25, -0.2) is 0 Å². The molecule has 0 unspecified atom stereocenters. The van der Waals surface area contributed by atoms with E-state index in [2.05, 4.69) is 11.2 Å². The molecule has 22 heavy (non-hydrogen) atoms. The molecule has 0 radical (unpaired) electrons. The Morgan fingerprint density at radius 2 is 1.00 bits per heavy atom. The number of hydrogen-bond donors (Lipinski definition) is 0. The summed E-state index contributed by atoms with van der Waals surface area (Å²) in [6.07, 6.45) is 20.4. The van der Waals surface area contributed by atoms with Crippen LogP contribution in [0.15, 0.2) is 0 Å². The SMILES string of the molecule is CCCCCCCCCCCCCCCCCC(=O)OCl.[Cr]. The van der Waals surface area contributed by atoms with E-state index in [1.54, 1.807) is 0 Å². The van der Waals surface area contributed by atoms with Gasteiger partial charge < -0.3 is 4.29 Å². The maximum Gasteiger partial charge on any atom is 0.324 e. The number of rotatable bonds is 16. The van der Waals surface area contributed by atoms with E-state index in [0.29, 0.717) is 6.42 Å². The summed E-state index contributed by atoms with van der Waals surface area (Å²) >= 11 is 4.97. The summed E-state index contributed by atoms with van der Waals surface area (Å²) in [5.74, 6) is -0.300. The van der Waals surface area contributed by atoms with Gasteiger partial charge in [-0.3, -0.25) is 4.79 Å². The first-order valence-corrected chi connectivity index (χ1v) is 9.43. The minimum absolute atomic E-state index is 0. The van der Waals surface area contributed by atoms with Crippen molar-refractivity contribution >= 4 is 17.8 Å². The van der Waals surface area contributed by atoms with Gasteiger partial charge in [-0.15, -0.1) is 0 Å². The Bertz CT molecular complexity index is 225. The number of unbranched alkanes of at least 4 members (excludes halogenated alkanes) is 14. The molecule has 0 aliphatic carbocycles. The average Bonchev–Trinajstić information content (AvgIpc) is 2.50. The smallest absolute Gasteiger partial charge is 0.324 e. The Morgan fingerprint density at radius 3 is 1.32 bits per heavy atom. The third-order valence-electron chi connectivity index (χ3n) is 4.07. The molecule has 0 saturated heterocycles. The summed E-state index contributed by atoms with van der Waals surface area (Å²) in [6, 6.07) is 0. The van der Waals surface area contributed by atoms with Crippen LogP contribution >= 0.6 is 11.9 Å². The molecule has 0 atom stereocenters. The van der Waals surface area contributed by atoms with Crippen molar-refractivity contribution in [3.8, 4) is 0 Å². The van der Waals surface area contributed by atoms with Crippen molar-refractivity contribution in [2.45, 2.75) is 110 Å². The van der Waals surface area contributed by atoms with Crippen LogP contribution < -0.4 is 0 Å². The maximum absolute atomic E-state index is 10.8. The molecule has 2 nitrogen and oxygen atoms in total. The van der Waals surface area contributed by atoms with Gasteiger partial charge in [-0.1, -0.05) is 96.8 Å². The monoisotopic (exact) mass is 370 g/mol. The normalized spacial score (nSPS) is 10.3. The predicted octanol–water partition coefficient (Wildman–Crippen LogP) is 6.94. The van der Waals surface area contributed by atoms with E-state index >= 15 is 0 Å². The molecule has 0 aromatic rings. The van der Waals surface area contributed by atoms with Gasteiger partial charge in [0.25, 0.3) is 0 Å². The summed E-state index contributed by atoms with van der Waals surface area (Å²) in [7, 11) is 0. The molecule has 4 heteroatoms. The van der Waals surface area contributed by atoms with Crippen molar-refractivity contribution in [2.24, 2.45) is 0 Å². The molecule has 0 bridgehead atoms. The van der Waals surface area contributed by atoms with Gasteiger partial charge in [0.15, 0.2) is 0 Å². The Balaban J connectivity index is 0. The van der Waals surface area contributed by atoms with Crippen LogP contribution in [0, 0.1) is 0 Å². The summed E-state index contributed by atoms with van der Waals surface area (Å²) in [4.78, 5) is 10.8. The van der Waals surface area contributed by atoms with Crippen molar-refractivity contribution in [1.29, 1.82) is 0 Å². The van der Waals surface area contributed by atoms with Gasteiger partial charge in [0.2, 0.25) is 0 Å². The van der Waals surface area contributed by atoms with Gasteiger partial charge in [0.05, 0.1) is 0 Å². The number of hydrogen-bond acceptors (Lipinski definition) is 2. The Labute approximate surface area is 154 Å². The van der Waals surface area contributed by atoms with E-state index in [9.17, 15) is 4.79 Å². The topological polar surface area (TPSA) is 26.3 Å². The molecule has 0 spiro atoms. The minimum atomic E-state index is -0.300. The Kier molecular flexibility index (Phi) is 23.8. The van der Waals surface area contributed by atoms with Gasteiger partial charge in [0, 0.05) is 23.8 Å². The number of halogens is 1. The molecule has 0 heterocycles. The molecule has 0 N–H and O–H groups in total. The zero-order valence-electron chi connectivity index (χ0n) is 14.4. The molecular formula is C18H35ClCrO2. The maximum atomic E-state index is 10.8. The first kappa shape index (κ1) is 24.5. The second kappa shape index (κ2) is 21.3. The third kappa shape index (κ3) is 20.3. The van der Waals surface area contributed by atoms with Crippen molar-refractivity contribution in [1.82, 2.24) is 0 Å². The van der Waals surface area contributed by atoms with E-state index in [1.807, 2.05) is 0 Å². The summed E-state index contributed by atoms with van der Waals surface area (Å²) in [6.45, 7) is 2.27. The standard InChI is InChI=1S/C18H35ClO2.Cr/c1-2-3-4-5-6-7-8-9-10-11-12-13-14-15-16-17-18(20)21-19;/h2-17H2,1H3;. The molecule has 0 amide bonds. The summed E-state index contributed by atoms with van der Waals surface area (Å²) in [5.41, 5.74) is 0. The van der Waals surface area contributed by atoms with Crippen LogP contribution in [0.4, 0.5) is 0 Å². The number of carbonyl (C=O) groups is 1. The molecule has 0 aromatic heterocycles. The van der Waals surface area contributed by atoms with Crippen LogP contribution in [0.1, 0.15) is 110 Å². The molecule has 0 aliphatic heterocycles. The first-order chi connectivity index (χ1) is 10.3. The molecule has 132 valence electrons. The molecule has 0 aromatic carbocycles. The van der Waals surface area contributed by atoms with Crippen LogP contribution in [-0.4, -0.2) is 5.97 Å². The largest absolute Gasteiger partial charge is 0.348 e. The fourth-order valence-electron chi connectivity index (χ4n) is 2.68. The Hall–Kier alpha value is 0.292. The van der Waals surface area contributed by atoms with E-state index < -0.39 is 0 Å². The van der Waals surface area contributed by atoms with Crippen molar-refractivity contribution in [3.05, 3.63) is 0 Å². The van der Waals surface area contributed by atoms with E-state index in [-0.39, 0.29) is 23.3 Å². The first-order valence-electron chi connectivity index (χ1n) is 9.12. The predicted molar refractivity (Wildman–Crippen MR) is 91.5 cm³/mol. The second-order valence-electron chi connectivity index (χ2n) is 6.15. The third-order valence-corrected chi connectivity index (χ3v) is 4.24. The second-order valence-corrected chi connectivity index (χ2v) is 6.30. The van der Waals surface area contributed by atoms with Crippen molar-refractivity contribution in [2.75, 3.05) is 0 Å². The molecule has 0 aliphatic rings. The molecular weight excluding hydrogens is 336 g/mol. The van der Waals surface area contributed by atoms with Gasteiger partial charge in [-0.05, 0) is 6.42 Å². The fraction of sp³-hybridized carbons (Fsp3) is 0.944. The van der Waals surface area contributed by atoms with Crippen molar-refractivity contribution in [3.63, 3.8) is 0 Å². The zero-order valence-corrected chi connectivity index (χ0v) is 16.4. The van der Waals surface area contributed by atoms with Crippen molar-refractivity contribution < 1.29 is 26.4 Å².